The Morgan fingerprint density at radius 3 is 2.12 bits per heavy atom. The Morgan fingerprint density at radius 1 is 0.731 bits per heavy atom. The minimum absolute atomic E-state index is 0.0252. The van der Waals surface area contributed by atoms with Crippen LogP contribution in [0.1, 0.15) is 26.3 Å². The number of hydrogen-bond donors (Lipinski definition) is 0. The van der Waals surface area contributed by atoms with Crippen molar-refractivity contribution in [2.45, 2.75) is 6.54 Å². The van der Waals surface area contributed by atoms with E-state index in [2.05, 4.69) is 0 Å². The van der Waals surface area contributed by atoms with Gasteiger partial charge in [0.2, 0.25) is 23.4 Å². The van der Waals surface area contributed by atoms with Gasteiger partial charge >= 0.3 is 0 Å². The highest BCUT2D eigenvalue weighted by atomic mass is 32.1. The minimum Gasteiger partial charge on any atom is -0.289 e. The molecule has 0 saturated heterocycles. The molecule has 126 valence electrons. The molecule has 3 aromatic carbocycles. The third-order valence-corrected chi connectivity index (χ3v) is 5.26. The number of para-hydroxylation sites is 1. The van der Waals surface area contributed by atoms with Gasteiger partial charge in [0.05, 0.1) is 0 Å². The number of rotatable bonds is 5. The maximum Gasteiger partial charge on any atom is 0.227 e. The molecule has 0 atom stereocenters. The Balaban J connectivity index is 1.53. The molecule has 0 aliphatic carbocycles. The third kappa shape index (κ3) is 3.19. The molecule has 0 fully saturated rings. The summed E-state index contributed by atoms with van der Waals surface area (Å²) in [6, 6.07) is 24.1. The van der Waals surface area contributed by atoms with Crippen LogP contribution in [0, 0.1) is 0 Å². The SMILES string of the molecule is O=C(C[n+]1csc2ccccc21)c1ccc(C(=O)c2ccccc2)cc1. The second-order valence-electron chi connectivity index (χ2n) is 6.01. The van der Waals surface area contributed by atoms with E-state index < -0.39 is 0 Å². The third-order valence-electron chi connectivity index (χ3n) is 4.30. The molecule has 4 rings (SSSR count). The summed E-state index contributed by atoms with van der Waals surface area (Å²) in [7, 11) is 0. The van der Waals surface area contributed by atoms with Crippen molar-refractivity contribution in [1.29, 1.82) is 0 Å². The van der Waals surface area contributed by atoms with Crippen molar-refractivity contribution in [3.63, 3.8) is 0 Å². The van der Waals surface area contributed by atoms with E-state index in [9.17, 15) is 9.59 Å². The zero-order chi connectivity index (χ0) is 17.9. The molecular formula is C22H16NO2S+. The lowest BCUT2D eigenvalue weighted by Gasteiger charge is -2.02. The monoisotopic (exact) mass is 358 g/mol. The van der Waals surface area contributed by atoms with Gasteiger partial charge in [-0.15, -0.1) is 0 Å². The van der Waals surface area contributed by atoms with E-state index >= 15 is 0 Å². The summed E-state index contributed by atoms with van der Waals surface area (Å²) in [4.78, 5) is 25.0. The first-order chi connectivity index (χ1) is 12.7. The molecule has 1 heterocycles. The van der Waals surface area contributed by atoms with Gasteiger partial charge in [-0.05, 0) is 6.07 Å². The summed E-state index contributed by atoms with van der Waals surface area (Å²) in [6.45, 7) is 0.288. The summed E-state index contributed by atoms with van der Waals surface area (Å²) in [5, 5.41) is 0. The van der Waals surface area contributed by atoms with Crippen molar-refractivity contribution in [1.82, 2.24) is 0 Å². The first-order valence-corrected chi connectivity index (χ1v) is 9.19. The molecule has 1 aromatic heterocycles. The molecule has 3 nitrogen and oxygen atoms in total. The van der Waals surface area contributed by atoms with Crippen LogP contribution in [0.5, 0.6) is 0 Å². The fourth-order valence-corrected chi connectivity index (χ4v) is 3.80. The number of hydrogen-bond acceptors (Lipinski definition) is 3. The molecule has 0 saturated carbocycles. The predicted octanol–water partition coefficient (Wildman–Crippen LogP) is 4.30. The van der Waals surface area contributed by atoms with Gasteiger partial charge in [0.15, 0.2) is 5.78 Å². The first-order valence-electron chi connectivity index (χ1n) is 8.31. The molecule has 0 spiro atoms. The number of nitrogens with zero attached hydrogens (tertiary/aromatic N) is 1. The van der Waals surface area contributed by atoms with Crippen LogP contribution in [-0.4, -0.2) is 11.6 Å². The lowest BCUT2D eigenvalue weighted by molar-refractivity contribution is -0.652. The molecule has 0 aliphatic heterocycles. The zero-order valence-electron chi connectivity index (χ0n) is 14.0. The highest BCUT2D eigenvalue weighted by Gasteiger charge is 2.17. The number of Topliss-reactive ketones (excluding diaryl/α,β-unsaturated/α-hetero) is 1. The van der Waals surface area contributed by atoms with Crippen molar-refractivity contribution in [2.75, 3.05) is 0 Å². The van der Waals surface area contributed by atoms with Gasteiger partial charge in [0.25, 0.3) is 0 Å². The number of carbonyl (C=O) groups excluding carboxylic acids is 2. The van der Waals surface area contributed by atoms with E-state index in [1.807, 2.05) is 52.5 Å². The van der Waals surface area contributed by atoms with Gasteiger partial charge in [0.1, 0.15) is 4.70 Å². The standard InChI is InChI=1S/C22H16NO2S/c24-20(14-23-15-26-21-9-5-4-8-19(21)23)16-10-12-18(13-11-16)22(25)17-6-2-1-3-7-17/h1-13,15H,14H2/q+1. The largest absolute Gasteiger partial charge is 0.289 e. The normalized spacial score (nSPS) is 10.8. The quantitative estimate of drug-likeness (QED) is 0.394. The molecule has 0 unspecified atom stereocenters. The molecule has 4 heteroatoms. The number of benzene rings is 3. The number of fused-ring (bicyclic) bond motifs is 1. The average Bonchev–Trinajstić information content (AvgIpc) is 3.11. The van der Waals surface area contributed by atoms with Crippen LogP contribution < -0.4 is 4.57 Å². The van der Waals surface area contributed by atoms with Crippen LogP contribution in [0.2, 0.25) is 0 Å². The summed E-state index contributed by atoms with van der Waals surface area (Å²) < 4.78 is 3.12. The summed E-state index contributed by atoms with van der Waals surface area (Å²) >= 11 is 1.62. The number of ketones is 2. The highest BCUT2D eigenvalue weighted by Crippen LogP contribution is 2.16. The summed E-state index contributed by atoms with van der Waals surface area (Å²) in [6.07, 6.45) is 0. The minimum atomic E-state index is -0.0391. The molecule has 0 radical (unpaired) electrons. The fraction of sp³-hybridized carbons (Fsp3) is 0.0455. The highest BCUT2D eigenvalue weighted by molar-refractivity contribution is 7.16. The molecule has 0 aliphatic rings. The summed E-state index contributed by atoms with van der Waals surface area (Å²) in [5.74, 6) is -0.0138. The van der Waals surface area contributed by atoms with E-state index in [0.29, 0.717) is 16.7 Å². The van der Waals surface area contributed by atoms with E-state index in [-0.39, 0.29) is 18.1 Å². The Kier molecular flexibility index (Phi) is 4.42. The van der Waals surface area contributed by atoms with Crippen molar-refractivity contribution in [3.8, 4) is 0 Å². The maximum atomic E-state index is 12.6. The van der Waals surface area contributed by atoms with Gasteiger partial charge in [-0.1, -0.05) is 78.1 Å². The topological polar surface area (TPSA) is 38.0 Å². The van der Waals surface area contributed by atoms with Gasteiger partial charge in [-0.25, -0.2) is 0 Å². The van der Waals surface area contributed by atoms with E-state index in [4.69, 9.17) is 0 Å². The number of thiazole rings is 1. The average molecular weight is 358 g/mol. The second kappa shape index (κ2) is 7.02. The van der Waals surface area contributed by atoms with Crippen molar-refractivity contribution >= 4 is 33.1 Å². The molecule has 0 bridgehead atoms. The Hall–Kier alpha value is -3.11. The van der Waals surface area contributed by atoms with Crippen molar-refractivity contribution in [3.05, 3.63) is 101 Å². The number of carbonyl (C=O) groups is 2. The van der Waals surface area contributed by atoms with Gasteiger partial charge in [0, 0.05) is 22.8 Å². The second-order valence-corrected chi connectivity index (χ2v) is 6.90. The maximum absolute atomic E-state index is 12.6. The smallest absolute Gasteiger partial charge is 0.227 e. The first kappa shape index (κ1) is 16.4. The number of aromatic nitrogens is 1. The van der Waals surface area contributed by atoms with Crippen molar-refractivity contribution < 1.29 is 14.2 Å². The molecule has 4 aromatic rings. The van der Waals surface area contributed by atoms with Crippen LogP contribution >= 0.6 is 11.3 Å². The van der Waals surface area contributed by atoms with Gasteiger partial charge in [-0.3, -0.25) is 9.59 Å². The van der Waals surface area contributed by atoms with Gasteiger partial charge in [-0.2, -0.15) is 4.57 Å². The fourth-order valence-electron chi connectivity index (χ4n) is 2.90. The van der Waals surface area contributed by atoms with Crippen LogP contribution in [0.25, 0.3) is 10.2 Å². The van der Waals surface area contributed by atoms with E-state index in [1.54, 1.807) is 47.7 Å². The summed E-state index contributed by atoms with van der Waals surface area (Å²) in [5.41, 5.74) is 4.86. The van der Waals surface area contributed by atoms with Crippen LogP contribution in [0.3, 0.4) is 0 Å². The Morgan fingerprint density at radius 2 is 1.35 bits per heavy atom. The van der Waals surface area contributed by atoms with Gasteiger partial charge < -0.3 is 0 Å². The van der Waals surface area contributed by atoms with Crippen LogP contribution in [-0.2, 0) is 6.54 Å². The molecule has 26 heavy (non-hydrogen) atoms. The van der Waals surface area contributed by atoms with E-state index in [0.717, 1.165) is 10.2 Å². The lowest BCUT2D eigenvalue weighted by Crippen LogP contribution is -2.36. The van der Waals surface area contributed by atoms with Crippen LogP contribution in [0.15, 0.2) is 84.4 Å². The van der Waals surface area contributed by atoms with Crippen molar-refractivity contribution in [2.24, 2.45) is 0 Å². The molecule has 0 amide bonds. The molecule has 0 N–H and O–H groups in total. The van der Waals surface area contributed by atoms with Crippen LogP contribution in [0.4, 0.5) is 0 Å². The van der Waals surface area contributed by atoms with E-state index in [1.165, 1.54) is 0 Å². The lowest BCUT2D eigenvalue weighted by atomic mass is 10.0. The zero-order valence-corrected chi connectivity index (χ0v) is 14.8. The Bertz CT molecular complexity index is 1080. The predicted molar refractivity (Wildman–Crippen MR) is 103 cm³/mol. The Labute approximate surface area is 155 Å². The molecular weight excluding hydrogens is 342 g/mol.